The molecule has 0 atom stereocenters. The molecule has 0 aliphatic rings. The lowest BCUT2D eigenvalue weighted by atomic mass is 10.00. The number of nitrogens with one attached hydrogen (secondary N) is 4. The van der Waals surface area contributed by atoms with E-state index in [1.807, 2.05) is 50.2 Å². The second-order valence-corrected chi connectivity index (χ2v) is 7.48. The van der Waals surface area contributed by atoms with E-state index in [0.717, 1.165) is 33.6 Å². The van der Waals surface area contributed by atoms with Gasteiger partial charge in [-0.15, -0.1) is 0 Å². The van der Waals surface area contributed by atoms with Gasteiger partial charge in [0.25, 0.3) is 0 Å². The fourth-order valence-electron chi connectivity index (χ4n) is 2.79. The molecule has 2 rings (SSSR count). The van der Waals surface area contributed by atoms with Gasteiger partial charge in [-0.25, -0.2) is 9.59 Å². The van der Waals surface area contributed by atoms with Gasteiger partial charge in [0.1, 0.15) is 0 Å². The van der Waals surface area contributed by atoms with Crippen molar-refractivity contribution in [3.05, 3.63) is 47.5 Å². The first-order chi connectivity index (χ1) is 15.2. The molecule has 2 aromatic carbocycles. The Morgan fingerprint density at radius 1 is 0.750 bits per heavy atom. The highest BCUT2D eigenvalue weighted by atomic mass is 32.1. The number of aryl methyl sites for hydroxylation is 2. The average Bonchev–Trinajstić information content (AvgIpc) is 2.71. The van der Waals surface area contributed by atoms with Crippen molar-refractivity contribution in [2.45, 2.75) is 27.7 Å². The maximum Gasteiger partial charge on any atom is 0.413 e. The molecular formula is C22H26N4O4S2. The topological polar surface area (TPSA) is 101 Å². The highest BCUT2D eigenvalue weighted by molar-refractivity contribution is 7.80. The van der Waals surface area contributed by atoms with Gasteiger partial charge in [0.05, 0.1) is 13.2 Å². The molecule has 0 bridgehead atoms. The number of rotatable bonds is 5. The summed E-state index contributed by atoms with van der Waals surface area (Å²) < 4.78 is 9.63. The quantitative estimate of drug-likeness (QED) is 0.456. The summed E-state index contributed by atoms with van der Waals surface area (Å²) in [6.45, 7) is 7.87. The minimum atomic E-state index is -0.597. The molecule has 0 aliphatic heterocycles. The first-order valence-corrected chi connectivity index (χ1v) is 10.8. The van der Waals surface area contributed by atoms with Gasteiger partial charge in [0.15, 0.2) is 10.2 Å². The van der Waals surface area contributed by atoms with Crippen molar-refractivity contribution in [1.29, 1.82) is 0 Å². The van der Waals surface area contributed by atoms with E-state index in [-0.39, 0.29) is 23.4 Å². The van der Waals surface area contributed by atoms with Gasteiger partial charge in [-0.2, -0.15) is 0 Å². The van der Waals surface area contributed by atoms with Crippen LogP contribution in [0, 0.1) is 13.8 Å². The number of benzene rings is 2. The summed E-state index contributed by atoms with van der Waals surface area (Å²) in [5.74, 6) is 0. The highest BCUT2D eigenvalue weighted by Gasteiger charge is 2.10. The third-order valence-electron chi connectivity index (χ3n) is 4.26. The molecule has 2 aromatic rings. The Labute approximate surface area is 198 Å². The van der Waals surface area contributed by atoms with Gasteiger partial charge in [0.2, 0.25) is 0 Å². The zero-order valence-corrected chi connectivity index (χ0v) is 20.0. The first-order valence-electron chi connectivity index (χ1n) is 9.94. The third-order valence-corrected chi connectivity index (χ3v) is 4.67. The van der Waals surface area contributed by atoms with Crippen LogP contribution in [0.25, 0.3) is 11.1 Å². The number of amides is 2. The predicted molar refractivity (Wildman–Crippen MR) is 134 cm³/mol. The Kier molecular flexibility index (Phi) is 9.36. The van der Waals surface area contributed by atoms with Crippen molar-refractivity contribution in [3.8, 4) is 11.1 Å². The minimum absolute atomic E-state index is 0.165. The lowest BCUT2D eigenvalue weighted by molar-refractivity contribution is 0.157. The van der Waals surface area contributed by atoms with Gasteiger partial charge < -0.3 is 20.1 Å². The number of alkyl carbamates (subject to hydrolysis) is 2. The zero-order chi connectivity index (χ0) is 23.7. The standard InChI is InChI=1S/C22H26N4O4S2/c1-5-29-21(27)25-19(31)23-17-9-7-15(11-13(17)3)16-8-10-18(14(4)12-16)24-20(32)26-22(28)30-6-2/h7-12H,5-6H2,1-4H3,(H2,23,25,27,31)(H2,24,26,28,32). The number of carbonyl (C=O) groups is 2. The Hall–Kier alpha value is -3.24. The molecule has 0 aromatic heterocycles. The van der Waals surface area contributed by atoms with E-state index in [4.69, 9.17) is 33.9 Å². The van der Waals surface area contributed by atoms with Crippen molar-refractivity contribution >= 4 is 58.2 Å². The van der Waals surface area contributed by atoms with Crippen LogP contribution in [-0.2, 0) is 9.47 Å². The second-order valence-electron chi connectivity index (χ2n) is 6.66. The normalized spacial score (nSPS) is 10.0. The molecule has 32 heavy (non-hydrogen) atoms. The lowest BCUT2D eigenvalue weighted by Gasteiger charge is -2.15. The molecule has 0 unspecified atom stereocenters. The van der Waals surface area contributed by atoms with E-state index in [1.54, 1.807) is 13.8 Å². The van der Waals surface area contributed by atoms with E-state index >= 15 is 0 Å². The summed E-state index contributed by atoms with van der Waals surface area (Å²) in [5.41, 5.74) is 5.49. The molecule has 170 valence electrons. The number of hydrogen-bond donors (Lipinski definition) is 4. The van der Waals surface area contributed by atoms with Crippen LogP contribution in [0.4, 0.5) is 21.0 Å². The summed E-state index contributed by atoms with van der Waals surface area (Å²) in [5, 5.41) is 11.2. The fourth-order valence-corrected chi connectivity index (χ4v) is 3.18. The van der Waals surface area contributed by atoms with Crippen molar-refractivity contribution < 1.29 is 19.1 Å². The number of ether oxygens (including phenoxy) is 2. The van der Waals surface area contributed by atoms with Crippen LogP contribution in [0.2, 0.25) is 0 Å². The van der Waals surface area contributed by atoms with Crippen LogP contribution < -0.4 is 21.3 Å². The van der Waals surface area contributed by atoms with Crippen LogP contribution in [0.15, 0.2) is 36.4 Å². The molecule has 0 fully saturated rings. The molecule has 10 heteroatoms. The van der Waals surface area contributed by atoms with Crippen molar-refractivity contribution in [3.63, 3.8) is 0 Å². The van der Waals surface area contributed by atoms with Crippen LogP contribution >= 0.6 is 24.4 Å². The molecule has 0 radical (unpaired) electrons. The smallest absolute Gasteiger partial charge is 0.413 e. The number of anilines is 2. The monoisotopic (exact) mass is 474 g/mol. The average molecular weight is 475 g/mol. The molecule has 0 saturated carbocycles. The van der Waals surface area contributed by atoms with Crippen molar-refractivity contribution in [2.24, 2.45) is 0 Å². The maximum absolute atomic E-state index is 11.5. The second kappa shape index (κ2) is 12.0. The third kappa shape index (κ3) is 7.47. The Bertz CT molecular complexity index is 945. The van der Waals surface area contributed by atoms with Gasteiger partial charge in [0, 0.05) is 11.4 Å². The zero-order valence-electron chi connectivity index (χ0n) is 18.3. The van der Waals surface area contributed by atoms with Crippen LogP contribution in [0.1, 0.15) is 25.0 Å². The summed E-state index contributed by atoms with van der Waals surface area (Å²) >= 11 is 10.3. The minimum Gasteiger partial charge on any atom is -0.450 e. The van der Waals surface area contributed by atoms with E-state index in [9.17, 15) is 9.59 Å². The molecule has 0 spiro atoms. The van der Waals surface area contributed by atoms with Crippen LogP contribution in [0.3, 0.4) is 0 Å². The van der Waals surface area contributed by atoms with E-state index in [1.165, 1.54) is 0 Å². The summed E-state index contributed by atoms with van der Waals surface area (Å²) in [7, 11) is 0. The Balaban J connectivity index is 2.07. The Morgan fingerprint density at radius 2 is 1.12 bits per heavy atom. The van der Waals surface area contributed by atoms with Gasteiger partial charge in [-0.05, 0) is 98.6 Å². The molecule has 4 N–H and O–H groups in total. The number of thiocarbonyl (C=S) groups is 2. The maximum atomic E-state index is 11.5. The van der Waals surface area contributed by atoms with Crippen LogP contribution in [-0.4, -0.2) is 35.6 Å². The van der Waals surface area contributed by atoms with E-state index < -0.39 is 12.2 Å². The van der Waals surface area contributed by atoms with E-state index in [0.29, 0.717) is 0 Å². The number of carbonyl (C=O) groups excluding carboxylic acids is 2. The largest absolute Gasteiger partial charge is 0.450 e. The fraction of sp³-hybridized carbons (Fsp3) is 0.273. The molecule has 8 nitrogen and oxygen atoms in total. The van der Waals surface area contributed by atoms with E-state index in [2.05, 4.69) is 21.3 Å². The summed E-state index contributed by atoms with van der Waals surface area (Å²) in [4.78, 5) is 23.0. The number of hydrogen-bond acceptors (Lipinski definition) is 6. The molecular weight excluding hydrogens is 448 g/mol. The Morgan fingerprint density at radius 3 is 1.44 bits per heavy atom. The SMILES string of the molecule is CCOC(=O)NC(=S)Nc1ccc(-c2ccc(NC(=S)NC(=O)OCC)c(C)c2)cc1C. The van der Waals surface area contributed by atoms with Crippen molar-refractivity contribution in [1.82, 2.24) is 10.6 Å². The predicted octanol–water partition coefficient (Wildman–Crippen LogP) is 4.86. The van der Waals surface area contributed by atoms with Gasteiger partial charge in [-0.1, -0.05) is 12.1 Å². The molecule has 0 aliphatic carbocycles. The lowest BCUT2D eigenvalue weighted by Crippen LogP contribution is -2.34. The summed E-state index contributed by atoms with van der Waals surface area (Å²) in [6, 6.07) is 11.7. The molecule has 2 amide bonds. The first kappa shape index (κ1) is 25.0. The van der Waals surface area contributed by atoms with Gasteiger partial charge in [-0.3, -0.25) is 10.6 Å². The van der Waals surface area contributed by atoms with Crippen molar-refractivity contribution in [2.75, 3.05) is 23.8 Å². The van der Waals surface area contributed by atoms with Crippen LogP contribution in [0.5, 0.6) is 0 Å². The highest BCUT2D eigenvalue weighted by Crippen LogP contribution is 2.28. The molecule has 0 heterocycles. The molecule has 0 saturated heterocycles. The van der Waals surface area contributed by atoms with Gasteiger partial charge >= 0.3 is 12.2 Å². The summed E-state index contributed by atoms with van der Waals surface area (Å²) in [6.07, 6.45) is -1.19.